The van der Waals surface area contributed by atoms with Gasteiger partial charge in [0.1, 0.15) is 12.7 Å². The molecule has 0 bridgehead atoms. The number of esters is 1. The molecule has 2 N–H and O–H groups in total. The van der Waals surface area contributed by atoms with Crippen molar-refractivity contribution in [1.82, 2.24) is 0 Å². The summed E-state index contributed by atoms with van der Waals surface area (Å²) in [4.78, 5) is 12.2. The number of allylic oxidation sites excluding steroid dienone is 2. The molecule has 3 fully saturated rings. The highest BCUT2D eigenvalue weighted by atomic mass is 28.4. The molecule has 0 amide bonds. The Labute approximate surface area is 252 Å². The number of ether oxygens (including phenoxy) is 1. The van der Waals surface area contributed by atoms with Gasteiger partial charge in [-0.2, -0.15) is 0 Å². The maximum Gasteiger partial charge on any atom is 0.336 e. The van der Waals surface area contributed by atoms with E-state index < -0.39 is 31.9 Å². The number of benzene rings is 2. The molecule has 6 heteroatoms. The molecule has 2 aromatic carbocycles. The van der Waals surface area contributed by atoms with Crippen molar-refractivity contribution < 1.29 is 24.2 Å². The number of fused-ring (bicyclic) bond motifs is 1. The standard InChI is InChI=1S/C36H48O5Si/c1-25-17-20-31-35(5,29(25)19-18-28-30(37)23-40-33(28)39)22-21-32(38)36(31,6)24-41-42(34(2,3)4,26-13-9-7-10-14-26)27-15-11-8-12-16-27/h7-16,18,29-32,37-38H,1,17,19-24H2,2-6H3/b28-18+/t29-,30-,31+,32-,35+,36+/m1/s1. The summed E-state index contributed by atoms with van der Waals surface area (Å²) in [5.74, 6) is -0.0707. The fraction of sp³-hybridized carbons (Fsp3) is 0.528. The van der Waals surface area contributed by atoms with Gasteiger partial charge in [0.2, 0.25) is 0 Å². The quantitative estimate of drug-likeness (QED) is 0.192. The minimum Gasteiger partial charge on any atom is -0.459 e. The first-order chi connectivity index (χ1) is 19.8. The minimum absolute atomic E-state index is 0.0278. The van der Waals surface area contributed by atoms with Crippen molar-refractivity contribution in [3.05, 3.63) is 84.5 Å². The summed E-state index contributed by atoms with van der Waals surface area (Å²) in [7, 11) is -2.79. The zero-order valence-electron chi connectivity index (χ0n) is 25.9. The van der Waals surface area contributed by atoms with Crippen LogP contribution in [0.15, 0.2) is 84.5 Å². The van der Waals surface area contributed by atoms with Crippen LogP contribution in [0.1, 0.15) is 66.7 Å². The highest BCUT2D eigenvalue weighted by Gasteiger charge is 2.59. The first kappa shape index (κ1) is 30.9. The Morgan fingerprint density at radius 2 is 1.62 bits per heavy atom. The van der Waals surface area contributed by atoms with Crippen LogP contribution < -0.4 is 10.4 Å². The monoisotopic (exact) mass is 588 g/mol. The second-order valence-corrected chi connectivity index (χ2v) is 18.6. The van der Waals surface area contributed by atoms with Crippen LogP contribution in [-0.4, -0.2) is 49.9 Å². The van der Waals surface area contributed by atoms with Gasteiger partial charge in [-0.25, -0.2) is 4.79 Å². The van der Waals surface area contributed by atoms with Gasteiger partial charge >= 0.3 is 5.97 Å². The molecule has 1 aliphatic heterocycles. The number of aliphatic hydroxyl groups is 2. The number of hydrogen-bond acceptors (Lipinski definition) is 5. The molecule has 2 aromatic rings. The van der Waals surface area contributed by atoms with Gasteiger partial charge in [0.15, 0.2) is 0 Å². The van der Waals surface area contributed by atoms with Crippen molar-refractivity contribution in [3.8, 4) is 0 Å². The Hall–Kier alpha value is -2.51. The highest BCUT2D eigenvalue weighted by Crippen LogP contribution is 2.62. The largest absolute Gasteiger partial charge is 0.459 e. The molecule has 1 heterocycles. The Bertz CT molecular complexity index is 1280. The van der Waals surface area contributed by atoms with E-state index in [1.54, 1.807) is 0 Å². The van der Waals surface area contributed by atoms with Crippen LogP contribution >= 0.6 is 0 Å². The molecule has 5 rings (SSSR count). The molecule has 1 saturated heterocycles. The average Bonchev–Trinajstić information content (AvgIpc) is 3.28. The maximum absolute atomic E-state index is 12.2. The first-order valence-electron chi connectivity index (χ1n) is 15.5. The molecular weight excluding hydrogens is 540 g/mol. The zero-order chi connectivity index (χ0) is 30.3. The molecule has 5 nitrogen and oxygen atoms in total. The molecule has 0 spiro atoms. The third-order valence-electron chi connectivity index (χ3n) is 10.9. The Balaban J connectivity index is 1.51. The van der Waals surface area contributed by atoms with Gasteiger partial charge in [0.05, 0.1) is 11.7 Å². The van der Waals surface area contributed by atoms with Gasteiger partial charge < -0.3 is 19.4 Å². The molecule has 42 heavy (non-hydrogen) atoms. The molecule has 6 atom stereocenters. The van der Waals surface area contributed by atoms with Crippen LogP contribution in [0.4, 0.5) is 0 Å². The zero-order valence-corrected chi connectivity index (χ0v) is 26.9. The van der Waals surface area contributed by atoms with Crippen molar-refractivity contribution >= 4 is 24.7 Å². The fourth-order valence-electron chi connectivity index (χ4n) is 8.57. The Kier molecular flexibility index (Phi) is 8.49. The van der Waals surface area contributed by atoms with Crippen molar-refractivity contribution in [2.45, 2.75) is 84.0 Å². The van der Waals surface area contributed by atoms with Crippen LogP contribution in [0.2, 0.25) is 5.04 Å². The molecule has 0 radical (unpaired) electrons. The average molecular weight is 589 g/mol. The molecule has 0 unspecified atom stereocenters. The van der Waals surface area contributed by atoms with Gasteiger partial charge in [-0.05, 0) is 64.8 Å². The van der Waals surface area contributed by atoms with Gasteiger partial charge in [0, 0.05) is 12.0 Å². The first-order valence-corrected chi connectivity index (χ1v) is 17.4. The number of cyclic esters (lactones) is 1. The lowest BCUT2D eigenvalue weighted by atomic mass is 9.46. The summed E-state index contributed by atoms with van der Waals surface area (Å²) in [6.07, 6.45) is 4.57. The predicted molar refractivity (Wildman–Crippen MR) is 170 cm³/mol. The number of rotatable bonds is 7. The van der Waals surface area contributed by atoms with Gasteiger partial charge in [-0.1, -0.05) is 114 Å². The molecule has 0 aromatic heterocycles. The van der Waals surface area contributed by atoms with E-state index in [2.05, 4.69) is 102 Å². The van der Waals surface area contributed by atoms with Crippen LogP contribution in [0.25, 0.3) is 0 Å². The fourth-order valence-corrected chi connectivity index (χ4v) is 13.3. The van der Waals surface area contributed by atoms with Gasteiger partial charge in [0.25, 0.3) is 8.32 Å². The molecule has 226 valence electrons. The van der Waals surface area contributed by atoms with Crippen molar-refractivity contribution in [1.29, 1.82) is 0 Å². The van der Waals surface area contributed by atoms with E-state index in [1.807, 2.05) is 6.08 Å². The van der Waals surface area contributed by atoms with E-state index in [0.29, 0.717) is 25.0 Å². The molecular formula is C36H48O5Si. The predicted octanol–water partition coefficient (Wildman–Crippen LogP) is 5.55. The third kappa shape index (κ3) is 5.15. The number of aliphatic hydroxyl groups excluding tert-OH is 2. The normalized spacial score (nSPS) is 33.0. The molecule has 3 aliphatic rings. The van der Waals surface area contributed by atoms with Crippen LogP contribution in [0.5, 0.6) is 0 Å². The van der Waals surface area contributed by atoms with E-state index in [0.717, 1.165) is 19.3 Å². The molecule has 2 saturated carbocycles. The summed E-state index contributed by atoms with van der Waals surface area (Å²) in [5.41, 5.74) is 0.973. The Morgan fingerprint density at radius 1 is 1.02 bits per heavy atom. The van der Waals surface area contributed by atoms with E-state index in [-0.39, 0.29) is 28.9 Å². The minimum atomic E-state index is -2.79. The second kappa shape index (κ2) is 11.5. The highest BCUT2D eigenvalue weighted by molar-refractivity contribution is 6.99. The van der Waals surface area contributed by atoms with E-state index in [4.69, 9.17) is 9.16 Å². The summed E-state index contributed by atoms with van der Waals surface area (Å²) in [5, 5.41) is 24.4. The maximum atomic E-state index is 12.2. The van der Waals surface area contributed by atoms with E-state index >= 15 is 0 Å². The topological polar surface area (TPSA) is 76.0 Å². The van der Waals surface area contributed by atoms with Crippen molar-refractivity contribution in [2.75, 3.05) is 13.2 Å². The smallest absolute Gasteiger partial charge is 0.336 e. The summed E-state index contributed by atoms with van der Waals surface area (Å²) < 4.78 is 12.5. The van der Waals surface area contributed by atoms with Crippen LogP contribution in [-0.2, 0) is 14.0 Å². The number of carbonyl (C=O) groups is 1. The lowest BCUT2D eigenvalue weighted by Gasteiger charge is -2.61. The van der Waals surface area contributed by atoms with Crippen LogP contribution in [0, 0.1) is 22.7 Å². The van der Waals surface area contributed by atoms with Gasteiger partial charge in [-0.15, -0.1) is 0 Å². The molecule has 2 aliphatic carbocycles. The van der Waals surface area contributed by atoms with E-state index in [1.165, 1.54) is 15.9 Å². The SMILES string of the molecule is C=C1CC[C@@H]2[C@](C)(CO[Si](c3ccccc3)(c3ccccc3)C(C)(C)C)[C@H](O)CC[C@@]2(C)[C@@H]1C/C=C1/C(=O)OC[C@H]1O. The Morgan fingerprint density at radius 3 is 2.14 bits per heavy atom. The van der Waals surface area contributed by atoms with Crippen molar-refractivity contribution in [3.63, 3.8) is 0 Å². The van der Waals surface area contributed by atoms with Gasteiger partial charge in [-0.3, -0.25) is 0 Å². The number of hydrogen-bond donors (Lipinski definition) is 2. The second-order valence-electron chi connectivity index (χ2n) is 14.3. The third-order valence-corrected chi connectivity index (χ3v) is 15.9. The summed E-state index contributed by atoms with van der Waals surface area (Å²) >= 11 is 0. The lowest BCUT2D eigenvalue weighted by Crippen LogP contribution is -2.68. The summed E-state index contributed by atoms with van der Waals surface area (Å²) in [6, 6.07) is 21.4. The van der Waals surface area contributed by atoms with E-state index in [9.17, 15) is 15.0 Å². The summed E-state index contributed by atoms with van der Waals surface area (Å²) in [6.45, 7) is 16.4. The van der Waals surface area contributed by atoms with Crippen molar-refractivity contribution in [2.24, 2.45) is 22.7 Å². The lowest BCUT2D eigenvalue weighted by molar-refractivity contribution is -0.148. The van der Waals surface area contributed by atoms with Crippen LogP contribution in [0.3, 0.4) is 0 Å². The number of carbonyl (C=O) groups excluding carboxylic acids is 1.